The molecule has 20 heavy (non-hydrogen) atoms. The van der Waals surface area contributed by atoms with Crippen molar-refractivity contribution >= 4 is 5.91 Å². The van der Waals surface area contributed by atoms with Crippen molar-refractivity contribution in [3.05, 3.63) is 29.6 Å². The van der Waals surface area contributed by atoms with Crippen molar-refractivity contribution in [3.8, 4) is 5.75 Å². The van der Waals surface area contributed by atoms with E-state index in [-0.39, 0.29) is 18.3 Å². The predicted molar refractivity (Wildman–Crippen MR) is 76.8 cm³/mol. The van der Waals surface area contributed by atoms with Crippen molar-refractivity contribution in [1.29, 1.82) is 0 Å². The van der Waals surface area contributed by atoms with Gasteiger partial charge in [0.2, 0.25) is 0 Å². The van der Waals surface area contributed by atoms with Crippen LogP contribution in [0.5, 0.6) is 5.75 Å². The Balaban J connectivity index is 2.57. The van der Waals surface area contributed by atoms with E-state index in [9.17, 15) is 9.18 Å². The molecule has 0 bridgehead atoms. The second-order valence-electron chi connectivity index (χ2n) is 5.19. The van der Waals surface area contributed by atoms with Gasteiger partial charge < -0.3 is 15.8 Å². The van der Waals surface area contributed by atoms with Gasteiger partial charge in [0, 0.05) is 18.7 Å². The average Bonchev–Trinajstić information content (AvgIpc) is 2.40. The van der Waals surface area contributed by atoms with Crippen LogP contribution in [-0.2, 0) is 11.3 Å². The van der Waals surface area contributed by atoms with E-state index in [1.165, 1.54) is 18.2 Å². The lowest BCUT2D eigenvalue weighted by molar-refractivity contribution is -0.127. The first-order valence-corrected chi connectivity index (χ1v) is 6.87. The number of benzene rings is 1. The van der Waals surface area contributed by atoms with Gasteiger partial charge in [-0.3, -0.25) is 4.79 Å². The Morgan fingerprint density at radius 1 is 1.40 bits per heavy atom. The van der Waals surface area contributed by atoms with Gasteiger partial charge >= 0.3 is 0 Å². The predicted octanol–water partition coefficient (Wildman–Crippen LogP) is 2.21. The maximum atomic E-state index is 13.1. The first kappa shape index (κ1) is 16.4. The first-order valence-electron chi connectivity index (χ1n) is 6.87. The number of halogens is 1. The van der Waals surface area contributed by atoms with Crippen molar-refractivity contribution in [3.63, 3.8) is 0 Å². The SMILES string of the molecule is CC(C)CCNC(=O)C(C)Oc1ccc(F)cc1CN. The fraction of sp³-hybridized carbons (Fsp3) is 0.533. The van der Waals surface area contributed by atoms with Crippen LogP contribution in [0.1, 0.15) is 32.8 Å². The van der Waals surface area contributed by atoms with Crippen LogP contribution in [0.2, 0.25) is 0 Å². The number of rotatable bonds is 7. The Bertz CT molecular complexity index is 449. The molecule has 0 spiro atoms. The number of carbonyl (C=O) groups is 1. The molecule has 0 aliphatic carbocycles. The zero-order chi connectivity index (χ0) is 15.1. The minimum absolute atomic E-state index is 0.161. The Morgan fingerprint density at radius 3 is 2.70 bits per heavy atom. The smallest absolute Gasteiger partial charge is 0.260 e. The highest BCUT2D eigenvalue weighted by atomic mass is 19.1. The molecule has 0 aliphatic rings. The summed E-state index contributed by atoms with van der Waals surface area (Å²) < 4.78 is 18.6. The highest BCUT2D eigenvalue weighted by molar-refractivity contribution is 5.80. The van der Waals surface area contributed by atoms with Crippen molar-refractivity contribution < 1.29 is 13.9 Å². The highest BCUT2D eigenvalue weighted by Gasteiger charge is 2.16. The van der Waals surface area contributed by atoms with Gasteiger partial charge in [0.25, 0.3) is 5.91 Å². The van der Waals surface area contributed by atoms with Crippen molar-refractivity contribution in [2.75, 3.05) is 6.54 Å². The molecule has 0 saturated heterocycles. The standard InChI is InChI=1S/C15H23FN2O2/c1-10(2)6-7-18-15(19)11(3)20-14-5-4-13(16)8-12(14)9-17/h4-5,8,10-11H,6-7,9,17H2,1-3H3,(H,18,19). The van der Waals surface area contributed by atoms with Crippen LogP contribution < -0.4 is 15.8 Å². The molecule has 0 aromatic heterocycles. The third-order valence-corrected chi connectivity index (χ3v) is 2.94. The van der Waals surface area contributed by atoms with Gasteiger partial charge in [-0.25, -0.2) is 4.39 Å². The van der Waals surface area contributed by atoms with Gasteiger partial charge in [0.1, 0.15) is 11.6 Å². The third-order valence-electron chi connectivity index (χ3n) is 2.94. The Hall–Kier alpha value is -1.62. The van der Waals surface area contributed by atoms with E-state index in [2.05, 4.69) is 19.2 Å². The first-order chi connectivity index (χ1) is 9.43. The molecule has 1 aromatic carbocycles. The second-order valence-corrected chi connectivity index (χ2v) is 5.19. The molecule has 0 heterocycles. The molecule has 3 N–H and O–H groups in total. The molecule has 1 rings (SSSR count). The monoisotopic (exact) mass is 282 g/mol. The third kappa shape index (κ3) is 5.17. The largest absolute Gasteiger partial charge is 0.481 e. The van der Waals surface area contributed by atoms with E-state index in [1.807, 2.05) is 0 Å². The number of carbonyl (C=O) groups excluding carboxylic acids is 1. The molecule has 1 amide bonds. The van der Waals surface area contributed by atoms with Crippen molar-refractivity contribution in [2.45, 2.75) is 39.8 Å². The molecule has 4 nitrogen and oxygen atoms in total. The van der Waals surface area contributed by atoms with Gasteiger partial charge in [-0.15, -0.1) is 0 Å². The van der Waals surface area contributed by atoms with Gasteiger partial charge in [-0.2, -0.15) is 0 Å². The van der Waals surface area contributed by atoms with E-state index >= 15 is 0 Å². The molecule has 0 fully saturated rings. The Morgan fingerprint density at radius 2 is 2.10 bits per heavy atom. The van der Waals surface area contributed by atoms with Crippen molar-refractivity contribution in [1.82, 2.24) is 5.32 Å². The minimum Gasteiger partial charge on any atom is -0.481 e. The highest BCUT2D eigenvalue weighted by Crippen LogP contribution is 2.20. The van der Waals surface area contributed by atoms with Crippen LogP contribution in [0.25, 0.3) is 0 Å². The molecule has 0 saturated carbocycles. The molecule has 112 valence electrons. The van der Waals surface area contributed by atoms with E-state index in [4.69, 9.17) is 10.5 Å². The lowest BCUT2D eigenvalue weighted by Gasteiger charge is -2.17. The van der Waals surface area contributed by atoms with Crippen molar-refractivity contribution in [2.24, 2.45) is 11.7 Å². The summed E-state index contributed by atoms with van der Waals surface area (Å²) in [6.07, 6.45) is 0.279. The van der Waals surface area contributed by atoms with E-state index in [1.54, 1.807) is 6.92 Å². The Kier molecular flexibility index (Phi) is 6.45. The average molecular weight is 282 g/mol. The van der Waals surface area contributed by atoms with Crippen LogP contribution in [0, 0.1) is 11.7 Å². The molecule has 5 heteroatoms. The molecule has 1 aromatic rings. The van der Waals surface area contributed by atoms with Gasteiger partial charge in [0.05, 0.1) is 0 Å². The van der Waals surface area contributed by atoms with Gasteiger partial charge in [-0.1, -0.05) is 13.8 Å². The van der Waals surface area contributed by atoms with Gasteiger partial charge in [0.15, 0.2) is 6.10 Å². The van der Waals surface area contributed by atoms with E-state index < -0.39 is 6.10 Å². The normalized spacial score (nSPS) is 12.3. The summed E-state index contributed by atoms with van der Waals surface area (Å²) in [5.41, 5.74) is 6.09. The summed E-state index contributed by atoms with van der Waals surface area (Å²) in [5, 5.41) is 2.81. The summed E-state index contributed by atoms with van der Waals surface area (Å²) in [7, 11) is 0. The van der Waals surface area contributed by atoms with Crippen LogP contribution in [0.15, 0.2) is 18.2 Å². The number of ether oxygens (including phenoxy) is 1. The number of nitrogens with one attached hydrogen (secondary N) is 1. The van der Waals surface area contributed by atoms with Crippen LogP contribution >= 0.6 is 0 Å². The number of hydrogen-bond donors (Lipinski definition) is 2. The fourth-order valence-corrected chi connectivity index (χ4v) is 1.69. The molecule has 0 aliphatic heterocycles. The van der Waals surface area contributed by atoms with E-state index in [0.717, 1.165) is 6.42 Å². The number of nitrogens with two attached hydrogens (primary N) is 1. The molecular weight excluding hydrogens is 259 g/mol. The maximum absolute atomic E-state index is 13.1. The lowest BCUT2D eigenvalue weighted by atomic mass is 10.1. The summed E-state index contributed by atoms with van der Waals surface area (Å²) in [4.78, 5) is 11.9. The number of amides is 1. The topological polar surface area (TPSA) is 64.3 Å². The minimum atomic E-state index is -0.641. The summed E-state index contributed by atoms with van der Waals surface area (Å²) in [5.74, 6) is 0.428. The molecule has 1 atom stereocenters. The van der Waals surface area contributed by atoms with Crippen LogP contribution in [-0.4, -0.2) is 18.6 Å². The molecule has 0 radical (unpaired) electrons. The summed E-state index contributed by atoms with van der Waals surface area (Å²) >= 11 is 0. The zero-order valence-electron chi connectivity index (χ0n) is 12.3. The lowest BCUT2D eigenvalue weighted by Crippen LogP contribution is -2.37. The maximum Gasteiger partial charge on any atom is 0.260 e. The number of hydrogen-bond acceptors (Lipinski definition) is 3. The fourth-order valence-electron chi connectivity index (χ4n) is 1.69. The quantitative estimate of drug-likeness (QED) is 0.806. The second kappa shape index (κ2) is 7.85. The van der Waals surface area contributed by atoms with Crippen LogP contribution in [0.3, 0.4) is 0 Å². The molecular formula is C15H23FN2O2. The van der Waals surface area contributed by atoms with Gasteiger partial charge in [-0.05, 0) is 37.5 Å². The molecule has 1 unspecified atom stereocenters. The summed E-state index contributed by atoms with van der Waals surface area (Å²) in [6, 6.07) is 4.10. The Labute approximate surface area is 119 Å². The van der Waals surface area contributed by atoms with Crippen LogP contribution in [0.4, 0.5) is 4.39 Å². The zero-order valence-corrected chi connectivity index (χ0v) is 12.3. The summed E-state index contributed by atoms with van der Waals surface area (Å²) in [6.45, 7) is 6.64. The van der Waals surface area contributed by atoms with E-state index in [0.29, 0.717) is 23.8 Å².